The molecule has 0 atom stereocenters. The molecule has 0 heterocycles. The summed E-state index contributed by atoms with van der Waals surface area (Å²) in [7, 11) is 0. The van der Waals surface area contributed by atoms with Crippen molar-refractivity contribution in [1.29, 1.82) is 0 Å². The molecular formula is C16H14N2O8. The molecule has 0 spiro atoms. The minimum absolute atomic E-state index is 0.113. The Morgan fingerprint density at radius 2 is 1.12 bits per heavy atom. The summed E-state index contributed by atoms with van der Waals surface area (Å²) < 4.78 is 0. The van der Waals surface area contributed by atoms with E-state index < -0.39 is 24.1 Å². The van der Waals surface area contributed by atoms with Crippen molar-refractivity contribution in [2.45, 2.75) is 0 Å². The molecule has 10 nitrogen and oxygen atoms in total. The van der Waals surface area contributed by atoms with Crippen LogP contribution in [0.1, 0.15) is 20.7 Å². The van der Waals surface area contributed by atoms with E-state index in [2.05, 4.69) is 0 Å². The van der Waals surface area contributed by atoms with Gasteiger partial charge in [-0.25, -0.2) is 19.2 Å². The van der Waals surface area contributed by atoms with Crippen molar-refractivity contribution >= 4 is 35.5 Å². The monoisotopic (exact) mass is 362 g/mol. The molecule has 2 amide bonds. The number of nitrogens with zero attached hydrogens (tertiary/aromatic N) is 1. The Morgan fingerprint density at radius 3 is 1.46 bits per heavy atom. The zero-order valence-electron chi connectivity index (χ0n) is 13.1. The number of carboxylic acid groups (broad SMARTS) is 4. The minimum Gasteiger partial charge on any atom is -0.478 e. The molecule has 2 rings (SSSR count). The number of anilines is 2. The topological polar surface area (TPSA) is 178 Å². The zero-order valence-corrected chi connectivity index (χ0v) is 13.1. The molecule has 2 aromatic rings. The summed E-state index contributed by atoms with van der Waals surface area (Å²) in [5.74, 6) is -2.47. The lowest BCUT2D eigenvalue weighted by molar-refractivity contribution is 0.0696. The molecule has 0 aliphatic rings. The van der Waals surface area contributed by atoms with E-state index in [4.69, 9.17) is 26.2 Å². The van der Waals surface area contributed by atoms with Gasteiger partial charge in [0.05, 0.1) is 22.5 Å². The number of benzene rings is 2. The first kappa shape index (κ1) is 20.0. The van der Waals surface area contributed by atoms with Crippen molar-refractivity contribution in [3.8, 4) is 0 Å². The third-order valence-electron chi connectivity index (χ3n) is 2.96. The highest BCUT2D eigenvalue weighted by atomic mass is 16.4. The van der Waals surface area contributed by atoms with Crippen LogP contribution in [0.3, 0.4) is 0 Å². The van der Waals surface area contributed by atoms with Crippen molar-refractivity contribution in [3.05, 3.63) is 59.7 Å². The molecule has 0 fully saturated rings. The second-order valence-corrected chi connectivity index (χ2v) is 4.61. The van der Waals surface area contributed by atoms with Gasteiger partial charge in [-0.05, 0) is 24.3 Å². The van der Waals surface area contributed by atoms with Crippen molar-refractivity contribution in [3.63, 3.8) is 0 Å². The Morgan fingerprint density at radius 1 is 0.692 bits per heavy atom. The van der Waals surface area contributed by atoms with E-state index in [-0.39, 0.29) is 27.4 Å². The predicted octanol–water partition coefficient (Wildman–Crippen LogP) is 2.51. The quantitative estimate of drug-likeness (QED) is 0.513. The van der Waals surface area contributed by atoms with Crippen LogP contribution in [0.15, 0.2) is 48.5 Å². The van der Waals surface area contributed by atoms with Crippen LogP contribution in [0, 0.1) is 0 Å². The van der Waals surface area contributed by atoms with Gasteiger partial charge in [0, 0.05) is 0 Å². The van der Waals surface area contributed by atoms with Gasteiger partial charge in [-0.1, -0.05) is 24.3 Å². The van der Waals surface area contributed by atoms with Crippen LogP contribution in [0.25, 0.3) is 0 Å². The van der Waals surface area contributed by atoms with Crippen molar-refractivity contribution in [1.82, 2.24) is 0 Å². The summed E-state index contributed by atoms with van der Waals surface area (Å²) in [6.07, 6.45) is -3.03. The van der Waals surface area contributed by atoms with Crippen LogP contribution in [0.2, 0.25) is 0 Å². The fourth-order valence-electron chi connectivity index (χ4n) is 1.82. The van der Waals surface area contributed by atoms with E-state index >= 15 is 0 Å². The van der Waals surface area contributed by atoms with Crippen molar-refractivity contribution < 1.29 is 39.6 Å². The fourth-order valence-corrected chi connectivity index (χ4v) is 1.82. The maximum atomic E-state index is 10.5. The molecule has 10 heteroatoms. The lowest BCUT2D eigenvalue weighted by atomic mass is 10.1. The first-order valence-electron chi connectivity index (χ1n) is 6.83. The maximum absolute atomic E-state index is 10.5. The SMILES string of the molecule is Nc1c(C(=O)O)cccc1C(=O)O.O=C(O)N(C(=O)O)c1ccccc1. The average molecular weight is 362 g/mol. The summed E-state index contributed by atoms with van der Waals surface area (Å²) >= 11 is 0. The molecule has 0 bridgehead atoms. The van der Waals surface area contributed by atoms with Gasteiger partial charge in [0.25, 0.3) is 0 Å². The number of carboxylic acids is 2. The third kappa shape index (κ3) is 4.96. The van der Waals surface area contributed by atoms with Crippen LogP contribution >= 0.6 is 0 Å². The van der Waals surface area contributed by atoms with Gasteiger partial charge < -0.3 is 26.2 Å². The number of para-hydroxylation sites is 2. The van der Waals surface area contributed by atoms with E-state index in [1.165, 1.54) is 30.3 Å². The molecular weight excluding hydrogens is 348 g/mol. The maximum Gasteiger partial charge on any atom is 0.421 e. The van der Waals surface area contributed by atoms with Crippen LogP contribution in [-0.2, 0) is 0 Å². The van der Waals surface area contributed by atoms with Crippen molar-refractivity contribution in [2.24, 2.45) is 0 Å². The molecule has 0 saturated heterocycles. The molecule has 136 valence electrons. The Balaban J connectivity index is 0.000000260. The Labute approximate surface area is 146 Å². The summed E-state index contributed by atoms with van der Waals surface area (Å²) in [5.41, 5.74) is 4.83. The number of nitrogen functional groups attached to an aromatic ring is 1. The molecule has 0 unspecified atom stereocenters. The summed E-state index contributed by atoms with van der Waals surface area (Å²) in [6.45, 7) is 0. The predicted molar refractivity (Wildman–Crippen MR) is 89.7 cm³/mol. The van der Waals surface area contributed by atoms with Gasteiger partial charge in [-0.15, -0.1) is 0 Å². The molecule has 0 aliphatic heterocycles. The Bertz CT molecular complexity index is 789. The number of hydrogen-bond acceptors (Lipinski definition) is 5. The lowest BCUT2D eigenvalue weighted by Crippen LogP contribution is -2.34. The van der Waals surface area contributed by atoms with Gasteiger partial charge in [-0.2, -0.15) is 4.90 Å². The molecule has 26 heavy (non-hydrogen) atoms. The molecule has 0 aromatic heterocycles. The number of rotatable bonds is 3. The van der Waals surface area contributed by atoms with E-state index in [9.17, 15) is 19.2 Å². The van der Waals surface area contributed by atoms with E-state index in [0.29, 0.717) is 0 Å². The third-order valence-corrected chi connectivity index (χ3v) is 2.96. The molecule has 0 saturated carbocycles. The first-order chi connectivity index (χ1) is 12.2. The minimum atomic E-state index is -1.52. The van der Waals surface area contributed by atoms with Crippen LogP contribution in [-0.4, -0.2) is 44.6 Å². The Hall–Kier alpha value is -4.08. The number of carbonyl (C=O) groups is 4. The van der Waals surface area contributed by atoms with Crippen molar-refractivity contribution in [2.75, 3.05) is 10.6 Å². The van der Waals surface area contributed by atoms with Gasteiger partial charge in [0.15, 0.2) is 0 Å². The normalized spacial score (nSPS) is 9.38. The standard InChI is InChI=1S/2C8H7NO4/c10-7(11)9(8(12)13)6-4-2-1-3-5-6;9-6-4(7(10)11)2-1-3-5(6)8(12)13/h1-5H,(H,10,11)(H,12,13);1-3H,9H2,(H,10,11)(H,12,13). The highest BCUT2D eigenvalue weighted by molar-refractivity contribution is 6.07. The van der Waals surface area contributed by atoms with E-state index in [0.717, 1.165) is 0 Å². The first-order valence-corrected chi connectivity index (χ1v) is 6.83. The number of amides is 2. The average Bonchev–Trinajstić information content (AvgIpc) is 2.55. The van der Waals surface area contributed by atoms with Gasteiger partial charge >= 0.3 is 24.1 Å². The van der Waals surface area contributed by atoms with E-state index in [1.54, 1.807) is 18.2 Å². The number of hydrogen-bond donors (Lipinski definition) is 5. The molecule has 6 N–H and O–H groups in total. The fraction of sp³-hybridized carbons (Fsp3) is 0. The smallest absolute Gasteiger partial charge is 0.421 e. The van der Waals surface area contributed by atoms with Gasteiger partial charge in [-0.3, -0.25) is 0 Å². The number of nitrogens with two attached hydrogens (primary N) is 1. The summed E-state index contributed by atoms with van der Waals surface area (Å²) in [6, 6.07) is 11.5. The van der Waals surface area contributed by atoms with Gasteiger partial charge in [0.2, 0.25) is 0 Å². The highest BCUT2D eigenvalue weighted by Crippen LogP contribution is 2.17. The van der Waals surface area contributed by atoms with Crippen LogP contribution in [0.4, 0.5) is 21.0 Å². The zero-order chi connectivity index (χ0) is 19.9. The molecule has 0 radical (unpaired) electrons. The summed E-state index contributed by atoms with van der Waals surface area (Å²) in [5, 5.41) is 34.3. The summed E-state index contributed by atoms with van der Waals surface area (Å²) in [4.78, 5) is 42.3. The second kappa shape index (κ2) is 8.68. The highest BCUT2D eigenvalue weighted by Gasteiger charge is 2.21. The lowest BCUT2D eigenvalue weighted by Gasteiger charge is -2.12. The number of aromatic carboxylic acids is 2. The van der Waals surface area contributed by atoms with Crippen LogP contribution in [0.5, 0.6) is 0 Å². The number of imide groups is 1. The largest absolute Gasteiger partial charge is 0.478 e. The Kier molecular flexibility index (Phi) is 6.67. The van der Waals surface area contributed by atoms with Gasteiger partial charge in [0.1, 0.15) is 0 Å². The molecule has 0 aliphatic carbocycles. The molecule has 2 aromatic carbocycles. The van der Waals surface area contributed by atoms with E-state index in [1.807, 2.05) is 0 Å². The second-order valence-electron chi connectivity index (χ2n) is 4.61. The van der Waals surface area contributed by atoms with Crippen LogP contribution < -0.4 is 10.6 Å².